The Morgan fingerprint density at radius 3 is 2.45 bits per heavy atom. The molecule has 33 heavy (non-hydrogen) atoms. The van der Waals surface area contributed by atoms with Gasteiger partial charge in [0, 0.05) is 42.8 Å². The van der Waals surface area contributed by atoms with Gasteiger partial charge in [0.25, 0.3) is 0 Å². The first-order valence-electron chi connectivity index (χ1n) is 11.8. The molecule has 0 aliphatic carbocycles. The van der Waals surface area contributed by atoms with E-state index in [1.807, 2.05) is 19.1 Å². The van der Waals surface area contributed by atoms with Crippen molar-refractivity contribution >= 4 is 27.3 Å². The first-order chi connectivity index (χ1) is 15.7. The van der Waals surface area contributed by atoms with Crippen molar-refractivity contribution in [3.05, 3.63) is 64.2 Å². The van der Waals surface area contributed by atoms with Crippen LogP contribution in [0.25, 0.3) is 0 Å². The molecule has 2 aromatic rings. The van der Waals surface area contributed by atoms with Gasteiger partial charge in [0.05, 0.1) is 6.17 Å². The second-order valence-corrected chi connectivity index (χ2v) is 11.7. The summed E-state index contributed by atoms with van der Waals surface area (Å²) < 4.78 is 28.3. The molecule has 0 aromatic heterocycles. The van der Waals surface area contributed by atoms with Crippen molar-refractivity contribution in [2.45, 2.75) is 38.6 Å². The number of nitrogens with zero attached hydrogens (tertiary/aromatic N) is 2. The average molecular weight is 491 g/mol. The van der Waals surface area contributed by atoms with E-state index in [4.69, 9.17) is 11.6 Å². The minimum absolute atomic E-state index is 0.0720. The van der Waals surface area contributed by atoms with E-state index in [9.17, 15) is 8.42 Å². The maximum atomic E-state index is 12.7. The number of aryl methyl sites for hydroxylation is 2. The number of benzene rings is 2. The van der Waals surface area contributed by atoms with Gasteiger partial charge in [0.15, 0.2) is 0 Å². The van der Waals surface area contributed by atoms with Crippen molar-refractivity contribution in [2.24, 2.45) is 5.92 Å². The number of hydrogen-bond acceptors (Lipinski definition) is 5. The van der Waals surface area contributed by atoms with Crippen LogP contribution in [0.3, 0.4) is 0 Å². The first-order valence-corrected chi connectivity index (χ1v) is 13.7. The lowest BCUT2D eigenvalue weighted by Gasteiger charge is -2.37. The fourth-order valence-corrected chi connectivity index (χ4v) is 7.17. The van der Waals surface area contributed by atoms with Crippen LogP contribution in [0.5, 0.6) is 0 Å². The largest absolute Gasteiger partial charge is 0.369 e. The predicted octanol–water partition coefficient (Wildman–Crippen LogP) is 3.70. The summed E-state index contributed by atoms with van der Waals surface area (Å²) in [6.45, 7) is 12.3. The maximum Gasteiger partial charge on any atom is 0.220 e. The third kappa shape index (κ3) is 5.72. The molecule has 4 rings (SSSR count). The van der Waals surface area contributed by atoms with Gasteiger partial charge in [-0.1, -0.05) is 42.8 Å². The Labute approximate surface area is 203 Å². The number of anilines is 1. The lowest BCUT2D eigenvalue weighted by molar-refractivity contribution is 0.250. The molecule has 0 amide bonds. The summed E-state index contributed by atoms with van der Waals surface area (Å²) in [4.78, 5) is 4.99. The summed E-state index contributed by atoms with van der Waals surface area (Å²) in [7, 11) is -3.42. The number of nitrogens with one attached hydrogen (secondary N) is 2. The van der Waals surface area contributed by atoms with Gasteiger partial charge in [-0.05, 0) is 68.2 Å². The molecule has 6 nitrogen and oxygen atoms in total. The molecule has 0 saturated carbocycles. The zero-order valence-corrected chi connectivity index (χ0v) is 21.3. The summed E-state index contributed by atoms with van der Waals surface area (Å²) in [5.74, 6) is -0.0720. The van der Waals surface area contributed by atoms with Crippen molar-refractivity contribution in [1.29, 1.82) is 0 Å². The predicted molar refractivity (Wildman–Crippen MR) is 136 cm³/mol. The topological polar surface area (TPSA) is 64.7 Å². The van der Waals surface area contributed by atoms with Crippen molar-refractivity contribution in [1.82, 2.24) is 14.9 Å². The van der Waals surface area contributed by atoms with Gasteiger partial charge >= 0.3 is 0 Å². The minimum atomic E-state index is -3.42. The number of piperazine rings is 1. The van der Waals surface area contributed by atoms with E-state index in [1.54, 1.807) is 12.1 Å². The Hall–Kier alpha value is -1.64. The van der Waals surface area contributed by atoms with Crippen LogP contribution in [-0.2, 0) is 10.0 Å². The highest BCUT2D eigenvalue weighted by atomic mass is 35.5. The number of hydrogen-bond donors (Lipinski definition) is 2. The van der Waals surface area contributed by atoms with E-state index in [2.05, 4.69) is 51.9 Å². The molecular weight excluding hydrogens is 456 g/mol. The lowest BCUT2D eigenvalue weighted by Crippen LogP contribution is -2.48. The lowest BCUT2D eigenvalue weighted by atomic mass is 9.98. The zero-order chi connectivity index (χ0) is 23.6. The first kappa shape index (κ1) is 24.5. The molecule has 0 spiro atoms. The summed E-state index contributed by atoms with van der Waals surface area (Å²) in [5.41, 5.74) is 4.78. The van der Waals surface area contributed by atoms with E-state index < -0.39 is 15.3 Å². The highest BCUT2D eigenvalue weighted by Gasteiger charge is 2.44. The Balaban J connectivity index is 1.23. The van der Waals surface area contributed by atoms with Crippen LogP contribution in [0.15, 0.2) is 42.5 Å². The summed E-state index contributed by atoms with van der Waals surface area (Å²) in [6.07, 6.45) is 0.733. The molecule has 8 heteroatoms. The molecule has 2 aliphatic rings. The Morgan fingerprint density at radius 1 is 1.06 bits per heavy atom. The molecule has 0 radical (unpaired) electrons. The highest BCUT2D eigenvalue weighted by Crippen LogP contribution is 2.37. The van der Waals surface area contributed by atoms with Gasteiger partial charge in [-0.3, -0.25) is 4.90 Å². The second kappa shape index (κ2) is 10.3. The van der Waals surface area contributed by atoms with Gasteiger partial charge < -0.3 is 10.2 Å². The van der Waals surface area contributed by atoms with E-state index >= 15 is 0 Å². The Bertz CT molecular complexity index is 1050. The number of rotatable bonds is 7. The van der Waals surface area contributed by atoms with Gasteiger partial charge in [-0.2, -0.15) is 4.72 Å². The van der Waals surface area contributed by atoms with E-state index in [0.29, 0.717) is 5.02 Å². The molecule has 0 bridgehead atoms. The SMILES string of the molecule is Cc1ccc(C)c(N2CCN(CCCNC3NS(=O)(=O)C(c4ccc(Cl)cc4)C3C)CC2)c1. The van der Waals surface area contributed by atoms with Crippen molar-refractivity contribution in [3.63, 3.8) is 0 Å². The van der Waals surface area contributed by atoms with Crippen molar-refractivity contribution in [2.75, 3.05) is 44.2 Å². The van der Waals surface area contributed by atoms with Gasteiger partial charge in [0.2, 0.25) is 10.0 Å². The molecule has 2 heterocycles. The smallest absolute Gasteiger partial charge is 0.220 e. The quantitative estimate of drug-likeness (QED) is 0.579. The standard InChI is InChI=1S/C25H35ClN4O2S/c1-18-5-6-19(2)23(17-18)30-15-13-29(14-16-30)12-4-11-27-25-20(3)24(33(31,32)28-25)21-7-9-22(26)10-8-21/h5-10,17,20,24-25,27-28H,4,11-16H2,1-3H3. The molecule has 3 unspecified atom stereocenters. The summed E-state index contributed by atoms with van der Waals surface area (Å²) >= 11 is 5.97. The summed E-state index contributed by atoms with van der Waals surface area (Å²) in [5, 5.41) is 3.48. The normalized spacial score (nSPS) is 25.5. The third-order valence-corrected chi connectivity index (χ3v) is 9.12. The molecule has 2 N–H and O–H groups in total. The molecule has 2 fully saturated rings. The van der Waals surface area contributed by atoms with Crippen LogP contribution in [0, 0.1) is 19.8 Å². The van der Waals surface area contributed by atoms with E-state index in [1.165, 1.54) is 16.8 Å². The monoisotopic (exact) mass is 490 g/mol. The zero-order valence-electron chi connectivity index (χ0n) is 19.7. The Kier molecular flexibility index (Phi) is 7.66. The molecule has 3 atom stereocenters. The molecule has 180 valence electrons. The van der Waals surface area contributed by atoms with E-state index in [-0.39, 0.29) is 12.1 Å². The van der Waals surface area contributed by atoms with Crippen LogP contribution in [0.2, 0.25) is 5.02 Å². The fourth-order valence-electron chi connectivity index (χ4n) is 5.01. The average Bonchev–Trinajstić information content (AvgIpc) is 3.02. The summed E-state index contributed by atoms with van der Waals surface area (Å²) in [6, 6.07) is 13.8. The molecular formula is C25H35ClN4O2S. The van der Waals surface area contributed by atoms with Gasteiger partial charge in [-0.15, -0.1) is 0 Å². The van der Waals surface area contributed by atoms with Crippen LogP contribution in [-0.4, -0.2) is 58.8 Å². The van der Waals surface area contributed by atoms with E-state index in [0.717, 1.165) is 51.3 Å². The second-order valence-electron chi connectivity index (χ2n) is 9.40. The Morgan fingerprint density at radius 2 is 1.76 bits per heavy atom. The highest BCUT2D eigenvalue weighted by molar-refractivity contribution is 7.90. The maximum absolute atomic E-state index is 12.7. The fraction of sp³-hybridized carbons (Fsp3) is 0.520. The minimum Gasteiger partial charge on any atom is -0.369 e. The van der Waals surface area contributed by atoms with Crippen LogP contribution >= 0.6 is 11.6 Å². The third-order valence-electron chi connectivity index (χ3n) is 6.92. The van der Waals surface area contributed by atoms with Crippen molar-refractivity contribution < 1.29 is 8.42 Å². The van der Waals surface area contributed by atoms with Crippen LogP contribution in [0.4, 0.5) is 5.69 Å². The molecule has 2 saturated heterocycles. The molecule has 2 aromatic carbocycles. The van der Waals surface area contributed by atoms with Gasteiger partial charge in [0.1, 0.15) is 5.25 Å². The number of sulfonamides is 1. The van der Waals surface area contributed by atoms with Crippen LogP contribution in [0.1, 0.15) is 35.3 Å². The molecule has 2 aliphatic heterocycles. The number of halogens is 1. The van der Waals surface area contributed by atoms with Crippen LogP contribution < -0.4 is 14.9 Å². The van der Waals surface area contributed by atoms with Crippen molar-refractivity contribution in [3.8, 4) is 0 Å². The van der Waals surface area contributed by atoms with Gasteiger partial charge in [-0.25, -0.2) is 8.42 Å².